The van der Waals surface area contributed by atoms with E-state index in [0.717, 1.165) is 12.0 Å². The molecular weight excluding hydrogens is 344 g/mol. The lowest BCUT2D eigenvalue weighted by Crippen LogP contribution is -2.29. The van der Waals surface area contributed by atoms with Crippen LogP contribution in [-0.2, 0) is 4.79 Å². The van der Waals surface area contributed by atoms with Crippen LogP contribution in [-0.4, -0.2) is 18.4 Å². The minimum atomic E-state index is -0.0852. The zero-order valence-corrected chi connectivity index (χ0v) is 15.1. The summed E-state index contributed by atoms with van der Waals surface area (Å²) < 4.78 is 0. The number of halogens is 1. The van der Waals surface area contributed by atoms with Gasteiger partial charge < -0.3 is 10.6 Å². The molecule has 24 heavy (non-hydrogen) atoms. The second-order valence-electron chi connectivity index (χ2n) is 5.42. The highest BCUT2D eigenvalue weighted by molar-refractivity contribution is 7.12. The number of nitrogens with one attached hydrogen (secondary N) is 2. The lowest BCUT2D eigenvalue weighted by Gasteiger charge is -2.17. The van der Waals surface area contributed by atoms with Gasteiger partial charge in [-0.2, -0.15) is 0 Å². The monoisotopic (exact) mass is 364 g/mol. The molecule has 1 unspecified atom stereocenters. The molecule has 1 atom stereocenters. The van der Waals surface area contributed by atoms with Gasteiger partial charge in [-0.1, -0.05) is 36.7 Å². The van der Waals surface area contributed by atoms with Crippen LogP contribution >= 0.6 is 22.9 Å². The summed E-state index contributed by atoms with van der Waals surface area (Å²) in [5, 5.41) is 8.39. The molecule has 0 aliphatic heterocycles. The molecule has 2 aromatic rings. The number of thiophene rings is 1. The highest BCUT2D eigenvalue weighted by atomic mass is 35.5. The number of benzene rings is 1. The molecule has 0 saturated heterocycles. The smallest absolute Gasteiger partial charge is 0.261 e. The largest absolute Gasteiger partial charge is 0.351 e. The molecule has 2 amide bonds. The zero-order valence-electron chi connectivity index (χ0n) is 13.5. The van der Waals surface area contributed by atoms with Gasteiger partial charge in [0.2, 0.25) is 5.91 Å². The molecule has 0 fully saturated rings. The molecular formula is C18H21ClN2O2S. The molecule has 1 aromatic carbocycles. The van der Waals surface area contributed by atoms with Crippen molar-refractivity contribution >= 4 is 34.8 Å². The molecule has 0 aliphatic rings. The van der Waals surface area contributed by atoms with Crippen molar-refractivity contribution in [2.45, 2.75) is 32.2 Å². The summed E-state index contributed by atoms with van der Waals surface area (Å²) in [7, 11) is 0. The Bertz CT molecular complexity index is 656. The summed E-state index contributed by atoms with van der Waals surface area (Å²) >= 11 is 7.30. The van der Waals surface area contributed by atoms with Gasteiger partial charge in [0.25, 0.3) is 5.91 Å². The second-order valence-corrected chi connectivity index (χ2v) is 6.80. The van der Waals surface area contributed by atoms with Gasteiger partial charge in [-0.3, -0.25) is 9.59 Å². The Balaban J connectivity index is 1.72. The molecule has 2 N–H and O–H groups in total. The lowest BCUT2D eigenvalue weighted by atomic mass is 10.0. The van der Waals surface area contributed by atoms with Gasteiger partial charge in [-0.05, 0) is 42.0 Å². The van der Waals surface area contributed by atoms with Crippen LogP contribution in [0.3, 0.4) is 0 Å². The van der Waals surface area contributed by atoms with Crippen LogP contribution in [0.5, 0.6) is 0 Å². The molecule has 0 spiro atoms. The first-order valence-corrected chi connectivity index (χ1v) is 9.22. The maximum absolute atomic E-state index is 12.1. The van der Waals surface area contributed by atoms with Gasteiger partial charge in [0.1, 0.15) is 0 Å². The van der Waals surface area contributed by atoms with Crippen LogP contribution in [0.15, 0.2) is 41.8 Å². The maximum Gasteiger partial charge on any atom is 0.261 e. The summed E-state index contributed by atoms with van der Waals surface area (Å²) in [6.45, 7) is 2.52. The first-order chi connectivity index (χ1) is 11.6. The van der Waals surface area contributed by atoms with Gasteiger partial charge in [0.05, 0.1) is 10.9 Å². The Morgan fingerprint density at radius 1 is 1.21 bits per heavy atom. The van der Waals surface area contributed by atoms with E-state index in [9.17, 15) is 9.59 Å². The van der Waals surface area contributed by atoms with Crippen LogP contribution in [0.2, 0.25) is 5.02 Å². The number of rotatable bonds is 8. The predicted molar refractivity (Wildman–Crippen MR) is 98.5 cm³/mol. The van der Waals surface area contributed by atoms with Gasteiger partial charge in [-0.25, -0.2) is 0 Å². The first-order valence-electron chi connectivity index (χ1n) is 7.96. The van der Waals surface area contributed by atoms with Crippen molar-refractivity contribution in [2.75, 3.05) is 6.54 Å². The van der Waals surface area contributed by atoms with Crippen LogP contribution in [0.25, 0.3) is 0 Å². The Labute approximate surface area is 151 Å². The van der Waals surface area contributed by atoms with Crippen LogP contribution in [0, 0.1) is 0 Å². The fourth-order valence-corrected chi connectivity index (χ4v) is 3.09. The SMILES string of the molecule is CCC(NC(=O)CCCNC(=O)c1cccs1)c1ccc(Cl)cc1. The van der Waals surface area contributed by atoms with Gasteiger partial charge in [-0.15, -0.1) is 11.3 Å². The molecule has 0 radical (unpaired) electrons. The van der Waals surface area contributed by atoms with E-state index >= 15 is 0 Å². The van der Waals surface area contributed by atoms with E-state index in [4.69, 9.17) is 11.6 Å². The molecule has 0 saturated carbocycles. The summed E-state index contributed by atoms with van der Waals surface area (Å²) in [6, 6.07) is 11.1. The minimum Gasteiger partial charge on any atom is -0.351 e. The molecule has 128 valence electrons. The molecule has 1 heterocycles. The second kappa shape index (κ2) is 9.45. The molecule has 4 nitrogen and oxygen atoms in total. The third-order valence-electron chi connectivity index (χ3n) is 3.63. The average Bonchev–Trinajstić information content (AvgIpc) is 3.12. The van der Waals surface area contributed by atoms with E-state index in [-0.39, 0.29) is 17.9 Å². The van der Waals surface area contributed by atoms with E-state index in [0.29, 0.717) is 29.3 Å². The summed E-state index contributed by atoms with van der Waals surface area (Å²) in [6.07, 6.45) is 1.80. The van der Waals surface area contributed by atoms with E-state index < -0.39 is 0 Å². The van der Waals surface area contributed by atoms with Crippen molar-refractivity contribution in [1.82, 2.24) is 10.6 Å². The highest BCUT2D eigenvalue weighted by Gasteiger charge is 2.12. The normalized spacial score (nSPS) is 11.8. The van der Waals surface area contributed by atoms with Crippen molar-refractivity contribution in [3.05, 3.63) is 57.2 Å². The molecule has 2 rings (SSSR count). The Kier molecular flexibility index (Phi) is 7.28. The third-order valence-corrected chi connectivity index (χ3v) is 4.75. The highest BCUT2D eigenvalue weighted by Crippen LogP contribution is 2.19. The predicted octanol–water partition coefficient (Wildman–Crippen LogP) is 4.18. The third kappa shape index (κ3) is 5.65. The van der Waals surface area contributed by atoms with E-state index in [1.165, 1.54) is 11.3 Å². The molecule has 0 bridgehead atoms. The van der Waals surface area contributed by atoms with Crippen LogP contribution < -0.4 is 10.6 Å². The Morgan fingerprint density at radius 3 is 2.58 bits per heavy atom. The van der Waals surface area contributed by atoms with Gasteiger partial charge in [0.15, 0.2) is 0 Å². The van der Waals surface area contributed by atoms with Crippen molar-refractivity contribution in [1.29, 1.82) is 0 Å². The van der Waals surface area contributed by atoms with E-state index in [1.807, 2.05) is 42.6 Å². The average molecular weight is 365 g/mol. The standard InChI is InChI=1S/C18H21ClN2O2S/c1-2-15(13-7-9-14(19)10-8-13)21-17(22)6-3-11-20-18(23)16-5-4-12-24-16/h4-5,7-10,12,15H,2-3,6,11H2,1H3,(H,20,23)(H,21,22). The van der Waals surface area contributed by atoms with E-state index in [2.05, 4.69) is 10.6 Å². The quantitative estimate of drug-likeness (QED) is 0.690. The maximum atomic E-state index is 12.1. The summed E-state index contributed by atoms with van der Waals surface area (Å²) in [5.74, 6) is -0.0971. The molecule has 0 aliphatic carbocycles. The number of carbonyl (C=O) groups is 2. The topological polar surface area (TPSA) is 58.2 Å². The molecule has 1 aromatic heterocycles. The minimum absolute atomic E-state index is 0.0119. The summed E-state index contributed by atoms with van der Waals surface area (Å²) in [5.41, 5.74) is 1.04. The van der Waals surface area contributed by atoms with Crippen molar-refractivity contribution in [2.24, 2.45) is 0 Å². The zero-order chi connectivity index (χ0) is 17.4. The van der Waals surface area contributed by atoms with Gasteiger partial charge >= 0.3 is 0 Å². The fraction of sp³-hybridized carbons (Fsp3) is 0.333. The lowest BCUT2D eigenvalue weighted by molar-refractivity contribution is -0.122. The van der Waals surface area contributed by atoms with Crippen LogP contribution in [0.1, 0.15) is 47.5 Å². The van der Waals surface area contributed by atoms with Crippen molar-refractivity contribution in [3.63, 3.8) is 0 Å². The van der Waals surface area contributed by atoms with Crippen molar-refractivity contribution < 1.29 is 9.59 Å². The van der Waals surface area contributed by atoms with Gasteiger partial charge in [0, 0.05) is 18.0 Å². The molecule has 6 heteroatoms. The van der Waals surface area contributed by atoms with Crippen molar-refractivity contribution in [3.8, 4) is 0 Å². The number of hydrogen-bond donors (Lipinski definition) is 2. The first kappa shape index (κ1) is 18.5. The Hall–Kier alpha value is -1.85. The number of amides is 2. The number of hydrogen-bond acceptors (Lipinski definition) is 3. The summed E-state index contributed by atoms with van der Waals surface area (Å²) in [4.78, 5) is 24.5. The Morgan fingerprint density at radius 2 is 1.96 bits per heavy atom. The fourth-order valence-electron chi connectivity index (χ4n) is 2.33. The van der Waals surface area contributed by atoms with Crippen LogP contribution in [0.4, 0.5) is 0 Å². The van der Waals surface area contributed by atoms with E-state index in [1.54, 1.807) is 6.07 Å². The number of carbonyl (C=O) groups excluding carboxylic acids is 2.